The molecule has 2 N–H and O–H groups in total. The van der Waals surface area contributed by atoms with Crippen molar-refractivity contribution in [2.24, 2.45) is 5.92 Å². The Hall–Kier alpha value is -0.620. The molecule has 0 bridgehead atoms. The summed E-state index contributed by atoms with van der Waals surface area (Å²) in [6.07, 6.45) is 7.90. The molecule has 0 aromatic carbocycles. The molecule has 1 saturated heterocycles. The van der Waals surface area contributed by atoms with E-state index in [0.29, 0.717) is 6.54 Å². The van der Waals surface area contributed by atoms with E-state index in [4.69, 9.17) is 0 Å². The zero-order valence-corrected chi connectivity index (χ0v) is 12.9. The molecule has 1 aliphatic heterocycles. The zero-order chi connectivity index (χ0) is 14.4. The Morgan fingerprint density at radius 3 is 2.65 bits per heavy atom. The lowest BCUT2D eigenvalue weighted by molar-refractivity contribution is -0.121. The molecule has 1 heterocycles. The number of hydrogen-bond acceptors (Lipinski definition) is 4. The van der Waals surface area contributed by atoms with Crippen molar-refractivity contribution in [3.05, 3.63) is 0 Å². The Kier molecular flexibility index (Phi) is 5.84. The Bertz CT molecular complexity index is 416. The molecule has 0 aromatic rings. The quantitative estimate of drug-likeness (QED) is 0.789. The first-order valence-electron chi connectivity index (χ1n) is 7.76. The first-order valence-corrected chi connectivity index (χ1v) is 9.58. The van der Waals surface area contributed by atoms with Gasteiger partial charge in [-0.25, -0.2) is 8.42 Å². The van der Waals surface area contributed by atoms with Crippen molar-refractivity contribution in [3.63, 3.8) is 0 Å². The molecule has 2 aliphatic rings. The molecular formula is C14H26N2O3S. The van der Waals surface area contributed by atoms with Crippen LogP contribution in [0.2, 0.25) is 0 Å². The van der Waals surface area contributed by atoms with E-state index in [9.17, 15) is 13.2 Å². The van der Waals surface area contributed by atoms with Crippen molar-refractivity contribution in [2.75, 3.05) is 24.6 Å². The fourth-order valence-electron chi connectivity index (χ4n) is 3.19. The first kappa shape index (κ1) is 15.8. The topological polar surface area (TPSA) is 75.3 Å². The molecule has 5 nitrogen and oxygen atoms in total. The van der Waals surface area contributed by atoms with E-state index in [2.05, 4.69) is 10.6 Å². The number of rotatable bonds is 5. The van der Waals surface area contributed by atoms with Gasteiger partial charge in [0.05, 0.1) is 11.5 Å². The standard InChI is InChI=1S/C14H26N2O3S/c17-14(10-13-11-20(18,19)9-8-15-13)16-7-6-12-4-2-1-3-5-12/h12-13,15H,1-11H2,(H,16,17). The Balaban J connectivity index is 1.62. The van der Waals surface area contributed by atoms with Crippen molar-refractivity contribution in [3.8, 4) is 0 Å². The van der Waals surface area contributed by atoms with E-state index < -0.39 is 9.84 Å². The second kappa shape index (κ2) is 7.41. The minimum Gasteiger partial charge on any atom is -0.356 e. The third-order valence-electron chi connectivity index (χ3n) is 4.33. The van der Waals surface area contributed by atoms with Crippen LogP contribution in [0.3, 0.4) is 0 Å². The molecule has 116 valence electrons. The van der Waals surface area contributed by atoms with Crippen LogP contribution in [0.4, 0.5) is 0 Å². The van der Waals surface area contributed by atoms with Gasteiger partial charge < -0.3 is 10.6 Å². The van der Waals surface area contributed by atoms with Crippen molar-refractivity contribution in [1.29, 1.82) is 0 Å². The van der Waals surface area contributed by atoms with Gasteiger partial charge in [-0.1, -0.05) is 32.1 Å². The fraction of sp³-hybridized carbons (Fsp3) is 0.929. The summed E-state index contributed by atoms with van der Waals surface area (Å²) in [5, 5.41) is 6.04. The van der Waals surface area contributed by atoms with Gasteiger partial charge in [0.2, 0.25) is 5.91 Å². The van der Waals surface area contributed by atoms with Crippen LogP contribution in [0.5, 0.6) is 0 Å². The van der Waals surface area contributed by atoms with Crippen LogP contribution >= 0.6 is 0 Å². The third-order valence-corrected chi connectivity index (χ3v) is 6.07. The minimum absolute atomic E-state index is 0.0320. The average Bonchev–Trinajstić information content (AvgIpc) is 2.38. The van der Waals surface area contributed by atoms with E-state index in [1.165, 1.54) is 32.1 Å². The van der Waals surface area contributed by atoms with Crippen LogP contribution in [0, 0.1) is 5.92 Å². The molecule has 0 radical (unpaired) electrons. The Morgan fingerprint density at radius 2 is 1.95 bits per heavy atom. The molecule has 1 unspecified atom stereocenters. The number of carbonyl (C=O) groups is 1. The van der Waals surface area contributed by atoms with Crippen LogP contribution in [0.1, 0.15) is 44.9 Å². The average molecular weight is 302 g/mol. The number of carbonyl (C=O) groups excluding carboxylic acids is 1. The third kappa shape index (κ3) is 5.40. The molecular weight excluding hydrogens is 276 g/mol. The van der Waals surface area contributed by atoms with E-state index in [-0.39, 0.29) is 29.9 Å². The molecule has 1 atom stereocenters. The molecule has 1 amide bonds. The first-order chi connectivity index (χ1) is 9.55. The smallest absolute Gasteiger partial charge is 0.221 e. The summed E-state index contributed by atoms with van der Waals surface area (Å²) in [6, 6.07) is -0.219. The Morgan fingerprint density at radius 1 is 1.20 bits per heavy atom. The fourth-order valence-corrected chi connectivity index (χ4v) is 4.63. The summed E-state index contributed by atoms with van der Waals surface area (Å²) in [7, 11) is -2.96. The maximum Gasteiger partial charge on any atom is 0.221 e. The van der Waals surface area contributed by atoms with Crippen molar-refractivity contribution < 1.29 is 13.2 Å². The van der Waals surface area contributed by atoms with Crippen LogP contribution in [-0.4, -0.2) is 45.0 Å². The highest BCUT2D eigenvalue weighted by atomic mass is 32.2. The summed E-state index contributed by atoms with van der Waals surface area (Å²) < 4.78 is 23.0. The molecule has 0 spiro atoms. The van der Waals surface area contributed by atoms with E-state index in [1.54, 1.807) is 0 Å². The van der Waals surface area contributed by atoms with E-state index in [1.807, 2.05) is 0 Å². The van der Waals surface area contributed by atoms with Gasteiger partial charge in [-0.15, -0.1) is 0 Å². The maximum absolute atomic E-state index is 11.8. The highest BCUT2D eigenvalue weighted by Gasteiger charge is 2.25. The second-order valence-electron chi connectivity index (χ2n) is 6.11. The number of hydrogen-bond donors (Lipinski definition) is 2. The maximum atomic E-state index is 11.8. The van der Waals surface area contributed by atoms with E-state index >= 15 is 0 Å². The lowest BCUT2D eigenvalue weighted by atomic mass is 9.87. The van der Waals surface area contributed by atoms with Crippen molar-refractivity contribution in [1.82, 2.24) is 10.6 Å². The monoisotopic (exact) mass is 302 g/mol. The molecule has 20 heavy (non-hydrogen) atoms. The van der Waals surface area contributed by atoms with Gasteiger partial charge in [0.25, 0.3) is 0 Å². The van der Waals surface area contributed by atoms with Gasteiger partial charge >= 0.3 is 0 Å². The molecule has 0 aromatic heterocycles. The Labute approximate surface area is 121 Å². The molecule has 1 saturated carbocycles. The molecule has 2 fully saturated rings. The normalized spacial score (nSPS) is 27.1. The van der Waals surface area contributed by atoms with Crippen LogP contribution in [-0.2, 0) is 14.6 Å². The summed E-state index contributed by atoms with van der Waals surface area (Å²) >= 11 is 0. The zero-order valence-electron chi connectivity index (χ0n) is 12.1. The molecule has 6 heteroatoms. The van der Waals surface area contributed by atoms with Gasteiger partial charge in [0.15, 0.2) is 9.84 Å². The van der Waals surface area contributed by atoms with Crippen LogP contribution < -0.4 is 10.6 Å². The van der Waals surface area contributed by atoms with Crippen LogP contribution in [0.15, 0.2) is 0 Å². The van der Waals surface area contributed by atoms with E-state index in [0.717, 1.165) is 18.9 Å². The van der Waals surface area contributed by atoms with Gasteiger partial charge in [-0.05, 0) is 12.3 Å². The number of amides is 1. The van der Waals surface area contributed by atoms with Gasteiger partial charge in [0, 0.05) is 25.6 Å². The van der Waals surface area contributed by atoms with Crippen molar-refractivity contribution >= 4 is 15.7 Å². The summed E-state index contributed by atoms with van der Waals surface area (Å²) in [5.41, 5.74) is 0. The van der Waals surface area contributed by atoms with Gasteiger partial charge in [-0.3, -0.25) is 4.79 Å². The largest absolute Gasteiger partial charge is 0.356 e. The summed E-state index contributed by atoms with van der Waals surface area (Å²) in [6.45, 7) is 1.19. The number of sulfone groups is 1. The second-order valence-corrected chi connectivity index (χ2v) is 8.34. The molecule has 2 rings (SSSR count). The predicted octanol–water partition coefficient (Wildman–Crippen LogP) is 0.850. The van der Waals surface area contributed by atoms with Crippen molar-refractivity contribution in [2.45, 2.75) is 51.0 Å². The summed E-state index contributed by atoms with van der Waals surface area (Å²) in [5.74, 6) is 1.00. The minimum atomic E-state index is -2.96. The SMILES string of the molecule is O=C(CC1CS(=O)(=O)CCN1)NCCC1CCCCC1. The summed E-state index contributed by atoms with van der Waals surface area (Å²) in [4.78, 5) is 11.8. The van der Waals surface area contributed by atoms with Crippen LogP contribution in [0.25, 0.3) is 0 Å². The van der Waals surface area contributed by atoms with Gasteiger partial charge in [-0.2, -0.15) is 0 Å². The van der Waals surface area contributed by atoms with Gasteiger partial charge in [0.1, 0.15) is 0 Å². The molecule has 1 aliphatic carbocycles. The lowest BCUT2D eigenvalue weighted by Gasteiger charge is -2.24. The highest BCUT2D eigenvalue weighted by Crippen LogP contribution is 2.25. The highest BCUT2D eigenvalue weighted by molar-refractivity contribution is 7.91. The number of nitrogens with one attached hydrogen (secondary N) is 2. The lowest BCUT2D eigenvalue weighted by Crippen LogP contribution is -2.47. The predicted molar refractivity (Wildman–Crippen MR) is 79.3 cm³/mol.